The quantitative estimate of drug-likeness (QED) is 0.395. The lowest BCUT2D eigenvalue weighted by Crippen LogP contribution is -2.14. The molecule has 0 radical (unpaired) electrons. The van der Waals surface area contributed by atoms with E-state index in [-0.39, 0.29) is 4.90 Å². The number of fused-ring (bicyclic) bond motifs is 2. The Kier molecular flexibility index (Phi) is 5.26. The molecule has 35 heavy (non-hydrogen) atoms. The molecule has 5 aromatic rings. The van der Waals surface area contributed by atoms with Crippen LogP contribution in [0.5, 0.6) is 0 Å². The highest BCUT2D eigenvalue weighted by atomic mass is 32.2. The van der Waals surface area contributed by atoms with E-state index in [0.29, 0.717) is 22.9 Å². The van der Waals surface area contributed by atoms with Crippen molar-refractivity contribution in [3.63, 3.8) is 0 Å². The molecule has 0 fully saturated rings. The van der Waals surface area contributed by atoms with Gasteiger partial charge < -0.3 is 0 Å². The zero-order chi connectivity index (χ0) is 23.8. The van der Waals surface area contributed by atoms with Crippen molar-refractivity contribution >= 4 is 21.4 Å². The molecule has 9 heteroatoms. The van der Waals surface area contributed by atoms with Crippen LogP contribution in [0.25, 0.3) is 28.3 Å². The lowest BCUT2D eigenvalue weighted by molar-refractivity contribution is 0.600. The smallest absolute Gasteiger partial charge is 0.261 e. The first-order valence-electron chi connectivity index (χ1n) is 11.4. The first kappa shape index (κ1) is 21.4. The Morgan fingerprint density at radius 3 is 2.54 bits per heavy atom. The number of hydrogen-bond donors (Lipinski definition) is 1. The highest BCUT2D eigenvalue weighted by Crippen LogP contribution is 2.27. The molecule has 3 heterocycles. The van der Waals surface area contributed by atoms with Crippen molar-refractivity contribution in [2.24, 2.45) is 0 Å². The molecular formula is C26H22N6O2S. The third kappa shape index (κ3) is 4.15. The molecule has 0 saturated heterocycles. The predicted molar refractivity (Wildman–Crippen MR) is 133 cm³/mol. The number of hydrogen-bond acceptors (Lipinski definition) is 6. The zero-order valence-electron chi connectivity index (χ0n) is 18.8. The molecule has 2 aromatic carbocycles. The molecule has 0 bridgehead atoms. The average Bonchev–Trinajstić information content (AvgIpc) is 3.32. The maximum absolute atomic E-state index is 13.1. The zero-order valence-corrected chi connectivity index (χ0v) is 19.6. The van der Waals surface area contributed by atoms with Gasteiger partial charge in [-0.2, -0.15) is 9.61 Å². The minimum Gasteiger partial charge on any atom is -0.280 e. The fourth-order valence-electron chi connectivity index (χ4n) is 4.45. The highest BCUT2D eigenvalue weighted by molar-refractivity contribution is 7.92. The molecule has 6 rings (SSSR count). The summed E-state index contributed by atoms with van der Waals surface area (Å²) in [6.45, 7) is 0. The van der Waals surface area contributed by atoms with Crippen molar-refractivity contribution in [1.29, 1.82) is 0 Å². The Hall–Kier alpha value is -4.11. The standard InChI is InChI=1S/C26H22N6O2S/c33-35(34,23-11-10-18-5-1-2-6-19(18)16-23)31-22-9-3-7-20(15-22)24-12-13-25-28-29-26(32(25)30-24)21-8-4-14-27-17-21/h3-4,7-17,31H,1-2,5-6H2. The number of anilines is 1. The second-order valence-corrected chi connectivity index (χ2v) is 10.3. The van der Waals surface area contributed by atoms with Crippen LogP contribution in [0.4, 0.5) is 5.69 Å². The van der Waals surface area contributed by atoms with Crippen LogP contribution in [0.15, 0.2) is 84.0 Å². The second kappa shape index (κ2) is 8.59. The first-order valence-corrected chi connectivity index (χ1v) is 12.9. The predicted octanol–water partition coefficient (Wildman–Crippen LogP) is 4.53. The topological polar surface area (TPSA) is 102 Å². The molecule has 3 aromatic heterocycles. The van der Waals surface area contributed by atoms with E-state index in [0.717, 1.165) is 42.4 Å². The molecule has 0 aliphatic heterocycles. The van der Waals surface area contributed by atoms with Crippen molar-refractivity contribution in [2.75, 3.05) is 4.72 Å². The minimum atomic E-state index is -3.72. The van der Waals surface area contributed by atoms with E-state index in [1.165, 1.54) is 5.56 Å². The Morgan fingerprint density at radius 1 is 0.829 bits per heavy atom. The van der Waals surface area contributed by atoms with Gasteiger partial charge in [0, 0.05) is 29.2 Å². The van der Waals surface area contributed by atoms with Gasteiger partial charge in [0.05, 0.1) is 10.6 Å². The van der Waals surface area contributed by atoms with E-state index in [2.05, 4.69) is 19.9 Å². The fourth-order valence-corrected chi connectivity index (χ4v) is 5.55. The monoisotopic (exact) mass is 482 g/mol. The van der Waals surface area contributed by atoms with Crippen molar-refractivity contribution in [3.05, 3.63) is 90.3 Å². The normalized spacial score (nSPS) is 13.5. The Balaban J connectivity index is 1.32. The molecular weight excluding hydrogens is 460 g/mol. The number of rotatable bonds is 5. The van der Waals surface area contributed by atoms with E-state index in [1.54, 1.807) is 41.2 Å². The number of sulfonamides is 1. The first-order chi connectivity index (χ1) is 17.1. The van der Waals surface area contributed by atoms with Crippen LogP contribution >= 0.6 is 0 Å². The van der Waals surface area contributed by atoms with Crippen LogP contribution < -0.4 is 4.72 Å². The number of nitrogens with one attached hydrogen (secondary N) is 1. The third-order valence-corrected chi connectivity index (χ3v) is 7.60. The van der Waals surface area contributed by atoms with Crippen molar-refractivity contribution < 1.29 is 8.42 Å². The molecule has 0 spiro atoms. The molecule has 174 valence electrons. The summed E-state index contributed by atoms with van der Waals surface area (Å²) in [5, 5.41) is 13.2. The van der Waals surface area contributed by atoms with Gasteiger partial charge in [0.15, 0.2) is 11.5 Å². The SMILES string of the molecule is O=S(=O)(Nc1cccc(-c2ccc3nnc(-c4cccnc4)n3n2)c1)c1ccc2c(c1)CCCC2. The van der Waals surface area contributed by atoms with Crippen LogP contribution in [0, 0.1) is 0 Å². The Labute approximate surface area is 202 Å². The Morgan fingerprint density at radius 2 is 1.69 bits per heavy atom. The Bertz CT molecular complexity index is 1650. The summed E-state index contributed by atoms with van der Waals surface area (Å²) in [6, 6.07) is 20.0. The molecule has 0 atom stereocenters. The number of aryl methyl sites for hydroxylation is 2. The summed E-state index contributed by atoms with van der Waals surface area (Å²) in [5.41, 5.74) is 5.69. The maximum Gasteiger partial charge on any atom is 0.261 e. The fraction of sp³-hybridized carbons (Fsp3) is 0.154. The average molecular weight is 483 g/mol. The third-order valence-electron chi connectivity index (χ3n) is 6.22. The lowest BCUT2D eigenvalue weighted by Gasteiger charge is -2.17. The molecule has 1 aliphatic carbocycles. The van der Waals surface area contributed by atoms with Gasteiger partial charge >= 0.3 is 0 Å². The van der Waals surface area contributed by atoms with Gasteiger partial charge in [-0.15, -0.1) is 10.2 Å². The summed E-state index contributed by atoms with van der Waals surface area (Å²) in [5.74, 6) is 0.583. The van der Waals surface area contributed by atoms with E-state index < -0.39 is 10.0 Å². The number of nitrogens with zero attached hydrogens (tertiary/aromatic N) is 5. The van der Waals surface area contributed by atoms with Gasteiger partial charge in [0.25, 0.3) is 10.0 Å². The van der Waals surface area contributed by atoms with Gasteiger partial charge in [0.1, 0.15) is 0 Å². The molecule has 1 aliphatic rings. The number of benzene rings is 2. The van der Waals surface area contributed by atoms with Gasteiger partial charge in [-0.05, 0) is 85.3 Å². The molecule has 1 N–H and O–H groups in total. The van der Waals surface area contributed by atoms with Gasteiger partial charge in [-0.25, -0.2) is 8.42 Å². The summed E-state index contributed by atoms with van der Waals surface area (Å²) in [6.07, 6.45) is 7.59. The summed E-state index contributed by atoms with van der Waals surface area (Å²) >= 11 is 0. The number of aromatic nitrogens is 5. The summed E-state index contributed by atoms with van der Waals surface area (Å²) in [7, 11) is -3.72. The van der Waals surface area contributed by atoms with Crippen molar-refractivity contribution in [2.45, 2.75) is 30.6 Å². The summed E-state index contributed by atoms with van der Waals surface area (Å²) < 4.78 is 30.6. The van der Waals surface area contributed by atoms with Crippen molar-refractivity contribution in [1.82, 2.24) is 24.8 Å². The van der Waals surface area contributed by atoms with Crippen LogP contribution in [0.2, 0.25) is 0 Å². The molecule has 0 saturated carbocycles. The van der Waals surface area contributed by atoms with Crippen LogP contribution in [-0.2, 0) is 22.9 Å². The highest BCUT2D eigenvalue weighted by Gasteiger charge is 2.18. The molecule has 0 unspecified atom stereocenters. The number of pyridine rings is 1. The largest absolute Gasteiger partial charge is 0.280 e. The van der Waals surface area contributed by atoms with Gasteiger partial charge in [-0.1, -0.05) is 18.2 Å². The molecule has 8 nitrogen and oxygen atoms in total. The van der Waals surface area contributed by atoms with Crippen LogP contribution in [-0.4, -0.2) is 33.2 Å². The van der Waals surface area contributed by atoms with E-state index >= 15 is 0 Å². The maximum atomic E-state index is 13.1. The molecule has 0 amide bonds. The van der Waals surface area contributed by atoms with Crippen LogP contribution in [0.3, 0.4) is 0 Å². The van der Waals surface area contributed by atoms with Crippen LogP contribution in [0.1, 0.15) is 24.0 Å². The van der Waals surface area contributed by atoms with E-state index in [4.69, 9.17) is 5.10 Å². The van der Waals surface area contributed by atoms with Gasteiger partial charge in [0.2, 0.25) is 0 Å². The second-order valence-electron chi connectivity index (χ2n) is 8.58. The summed E-state index contributed by atoms with van der Waals surface area (Å²) in [4.78, 5) is 4.43. The van der Waals surface area contributed by atoms with E-state index in [1.807, 2.05) is 42.5 Å². The van der Waals surface area contributed by atoms with Crippen molar-refractivity contribution in [3.8, 4) is 22.6 Å². The van der Waals surface area contributed by atoms with E-state index in [9.17, 15) is 8.42 Å². The minimum absolute atomic E-state index is 0.286. The van der Waals surface area contributed by atoms with Gasteiger partial charge in [-0.3, -0.25) is 9.71 Å². The lowest BCUT2D eigenvalue weighted by atomic mass is 9.92.